The fourth-order valence-electron chi connectivity index (χ4n) is 2.50. The molecule has 7 heteroatoms. The van der Waals surface area contributed by atoms with Crippen molar-refractivity contribution < 1.29 is 19.5 Å². The van der Waals surface area contributed by atoms with Gasteiger partial charge in [-0.15, -0.1) is 0 Å². The first-order valence-corrected chi connectivity index (χ1v) is 8.58. The van der Waals surface area contributed by atoms with Crippen LogP contribution in [0.4, 0.5) is 0 Å². The van der Waals surface area contributed by atoms with Crippen LogP contribution in [0.2, 0.25) is 0 Å². The predicted molar refractivity (Wildman–Crippen MR) is 93.1 cm³/mol. The van der Waals surface area contributed by atoms with Gasteiger partial charge >= 0.3 is 5.97 Å². The lowest BCUT2D eigenvalue weighted by Gasteiger charge is -2.18. The van der Waals surface area contributed by atoms with E-state index in [1.807, 2.05) is 13.0 Å². The van der Waals surface area contributed by atoms with Crippen molar-refractivity contribution in [1.82, 2.24) is 15.5 Å². The molecule has 1 aliphatic carbocycles. The van der Waals surface area contributed by atoms with Crippen molar-refractivity contribution in [3.8, 4) is 0 Å². The molecule has 0 saturated heterocycles. The number of benzene rings is 1. The zero-order valence-electron chi connectivity index (χ0n) is 14.5. The van der Waals surface area contributed by atoms with Crippen molar-refractivity contribution in [2.75, 3.05) is 19.6 Å². The summed E-state index contributed by atoms with van der Waals surface area (Å²) in [6, 6.07) is 7.44. The van der Waals surface area contributed by atoms with Crippen LogP contribution >= 0.6 is 0 Å². The number of aliphatic carboxylic acids is 1. The molecule has 0 aromatic heterocycles. The number of carbonyl (C=O) groups is 3. The second-order valence-corrected chi connectivity index (χ2v) is 6.33. The van der Waals surface area contributed by atoms with Crippen molar-refractivity contribution in [1.29, 1.82) is 0 Å². The van der Waals surface area contributed by atoms with Crippen LogP contribution < -0.4 is 10.6 Å². The molecule has 7 nitrogen and oxygen atoms in total. The molecular weight excluding hydrogens is 322 g/mol. The van der Waals surface area contributed by atoms with E-state index in [2.05, 4.69) is 10.6 Å². The Morgan fingerprint density at radius 2 is 2.00 bits per heavy atom. The van der Waals surface area contributed by atoms with E-state index in [-0.39, 0.29) is 24.9 Å². The molecule has 25 heavy (non-hydrogen) atoms. The molecule has 0 unspecified atom stereocenters. The monoisotopic (exact) mass is 347 g/mol. The van der Waals surface area contributed by atoms with Crippen molar-refractivity contribution in [3.63, 3.8) is 0 Å². The minimum atomic E-state index is -0.948. The highest BCUT2D eigenvalue weighted by Crippen LogP contribution is 2.19. The third kappa shape index (κ3) is 6.93. The summed E-state index contributed by atoms with van der Waals surface area (Å²) in [7, 11) is 0. The van der Waals surface area contributed by atoms with Crippen LogP contribution in [0.15, 0.2) is 24.3 Å². The van der Waals surface area contributed by atoms with E-state index in [1.54, 1.807) is 23.1 Å². The number of nitrogens with zero attached hydrogens (tertiary/aromatic N) is 1. The minimum absolute atomic E-state index is 0.0436. The first-order chi connectivity index (χ1) is 12.0. The number of carbonyl (C=O) groups excluding carboxylic acids is 2. The lowest BCUT2D eigenvalue weighted by atomic mass is 10.1. The van der Waals surface area contributed by atoms with Crippen LogP contribution in [0.3, 0.4) is 0 Å². The maximum atomic E-state index is 12.0. The van der Waals surface area contributed by atoms with Crippen molar-refractivity contribution in [2.24, 2.45) is 0 Å². The molecule has 1 saturated carbocycles. The average Bonchev–Trinajstić information content (AvgIpc) is 3.37. The SMILES string of the molecule is CCCN(CC(=O)O)CC(=O)NCc1cccc(C(=O)NC2CC2)c1. The van der Waals surface area contributed by atoms with E-state index >= 15 is 0 Å². The molecular formula is C18H25N3O4. The Kier molecular flexibility index (Phi) is 6.94. The molecule has 1 aromatic rings. The Bertz CT molecular complexity index is 629. The molecule has 0 spiro atoms. The summed E-state index contributed by atoms with van der Waals surface area (Å²) in [6.07, 6.45) is 2.84. The fourth-order valence-corrected chi connectivity index (χ4v) is 2.50. The molecule has 136 valence electrons. The summed E-state index contributed by atoms with van der Waals surface area (Å²) < 4.78 is 0. The van der Waals surface area contributed by atoms with E-state index < -0.39 is 5.97 Å². The van der Waals surface area contributed by atoms with Gasteiger partial charge < -0.3 is 15.7 Å². The average molecular weight is 347 g/mol. The summed E-state index contributed by atoms with van der Waals surface area (Å²) in [6.45, 7) is 2.68. The number of carboxylic acids is 1. The topological polar surface area (TPSA) is 98.7 Å². The first-order valence-electron chi connectivity index (χ1n) is 8.58. The van der Waals surface area contributed by atoms with Crippen LogP contribution in [-0.2, 0) is 16.1 Å². The number of rotatable bonds is 10. The third-order valence-electron chi connectivity index (χ3n) is 3.86. The molecule has 2 amide bonds. The second kappa shape index (κ2) is 9.17. The molecule has 0 bridgehead atoms. The largest absolute Gasteiger partial charge is 0.480 e. The van der Waals surface area contributed by atoms with E-state index in [0.717, 1.165) is 24.8 Å². The van der Waals surface area contributed by atoms with Gasteiger partial charge in [-0.25, -0.2) is 0 Å². The van der Waals surface area contributed by atoms with E-state index in [9.17, 15) is 14.4 Å². The zero-order valence-corrected chi connectivity index (χ0v) is 14.5. The van der Waals surface area contributed by atoms with Crippen LogP contribution in [0.25, 0.3) is 0 Å². The number of amides is 2. The Morgan fingerprint density at radius 1 is 1.24 bits per heavy atom. The molecule has 0 radical (unpaired) electrons. The van der Waals surface area contributed by atoms with Crippen LogP contribution in [-0.4, -0.2) is 53.5 Å². The highest BCUT2D eigenvalue weighted by molar-refractivity contribution is 5.94. The lowest BCUT2D eigenvalue weighted by Crippen LogP contribution is -2.40. The highest BCUT2D eigenvalue weighted by atomic mass is 16.4. The van der Waals surface area contributed by atoms with Gasteiger partial charge in [-0.05, 0) is 43.5 Å². The Hall–Kier alpha value is -2.41. The third-order valence-corrected chi connectivity index (χ3v) is 3.86. The van der Waals surface area contributed by atoms with Gasteiger partial charge in [0.05, 0.1) is 13.1 Å². The van der Waals surface area contributed by atoms with Gasteiger partial charge in [0.25, 0.3) is 5.91 Å². The first kappa shape index (κ1) is 18.9. The number of hydrogen-bond donors (Lipinski definition) is 3. The van der Waals surface area contributed by atoms with Gasteiger partial charge in [-0.3, -0.25) is 19.3 Å². The molecule has 1 aliphatic rings. The molecule has 0 aliphatic heterocycles. The van der Waals surface area contributed by atoms with Gasteiger partial charge in [0.2, 0.25) is 5.91 Å². The second-order valence-electron chi connectivity index (χ2n) is 6.33. The Balaban J connectivity index is 1.83. The van der Waals surface area contributed by atoms with Crippen molar-refractivity contribution in [2.45, 2.75) is 38.8 Å². The quantitative estimate of drug-likeness (QED) is 0.586. The van der Waals surface area contributed by atoms with Crippen LogP contribution in [0.5, 0.6) is 0 Å². The maximum Gasteiger partial charge on any atom is 0.317 e. The lowest BCUT2D eigenvalue weighted by molar-refractivity contribution is -0.138. The van der Waals surface area contributed by atoms with Gasteiger partial charge in [-0.1, -0.05) is 19.1 Å². The standard InChI is InChI=1S/C18H25N3O4/c1-2-8-21(12-17(23)24)11-16(22)19-10-13-4-3-5-14(9-13)18(25)20-15-6-7-15/h3-5,9,15H,2,6-8,10-12H2,1H3,(H,19,22)(H,20,25)(H,23,24). The minimum Gasteiger partial charge on any atom is -0.480 e. The van der Waals surface area contributed by atoms with Crippen molar-refractivity contribution in [3.05, 3.63) is 35.4 Å². The van der Waals surface area contributed by atoms with E-state index in [1.165, 1.54) is 0 Å². The van der Waals surface area contributed by atoms with Gasteiger partial charge in [0, 0.05) is 18.2 Å². The summed E-state index contributed by atoms with van der Waals surface area (Å²) >= 11 is 0. The van der Waals surface area contributed by atoms with E-state index in [0.29, 0.717) is 24.7 Å². The van der Waals surface area contributed by atoms with Crippen LogP contribution in [0, 0.1) is 0 Å². The fraction of sp³-hybridized carbons (Fsp3) is 0.500. The van der Waals surface area contributed by atoms with Gasteiger partial charge in [0.15, 0.2) is 0 Å². The number of hydrogen-bond acceptors (Lipinski definition) is 4. The van der Waals surface area contributed by atoms with E-state index in [4.69, 9.17) is 5.11 Å². The molecule has 0 heterocycles. The normalized spacial score (nSPS) is 13.5. The molecule has 2 rings (SSSR count). The molecule has 3 N–H and O–H groups in total. The summed E-state index contributed by atoms with van der Waals surface area (Å²) in [5, 5.41) is 14.6. The van der Waals surface area contributed by atoms with Gasteiger partial charge in [-0.2, -0.15) is 0 Å². The number of nitrogens with one attached hydrogen (secondary N) is 2. The van der Waals surface area contributed by atoms with Gasteiger partial charge in [0.1, 0.15) is 0 Å². The summed E-state index contributed by atoms with van der Waals surface area (Å²) in [5.74, 6) is -1.27. The summed E-state index contributed by atoms with van der Waals surface area (Å²) in [5.41, 5.74) is 1.41. The Labute approximate surface area is 147 Å². The predicted octanol–water partition coefficient (Wildman–Crippen LogP) is 0.992. The smallest absolute Gasteiger partial charge is 0.317 e. The number of carboxylic acid groups (broad SMARTS) is 1. The molecule has 0 atom stereocenters. The Morgan fingerprint density at radius 3 is 2.64 bits per heavy atom. The molecule has 1 fully saturated rings. The summed E-state index contributed by atoms with van der Waals surface area (Å²) in [4.78, 5) is 36.5. The molecule has 1 aromatic carbocycles. The zero-order chi connectivity index (χ0) is 18.2. The van der Waals surface area contributed by atoms with Crippen molar-refractivity contribution >= 4 is 17.8 Å². The van der Waals surface area contributed by atoms with Crippen LogP contribution in [0.1, 0.15) is 42.1 Å². The highest BCUT2D eigenvalue weighted by Gasteiger charge is 2.23. The maximum absolute atomic E-state index is 12.0.